The van der Waals surface area contributed by atoms with E-state index in [1.165, 1.54) is 6.42 Å². The first-order valence-electron chi connectivity index (χ1n) is 7.01. The van der Waals surface area contributed by atoms with E-state index in [4.69, 9.17) is 0 Å². The van der Waals surface area contributed by atoms with Crippen LogP contribution >= 0.6 is 0 Å². The largest absolute Gasteiger partial charge is 0.320 e. The van der Waals surface area contributed by atoms with Crippen molar-refractivity contribution >= 4 is 10.0 Å². The van der Waals surface area contributed by atoms with E-state index < -0.39 is 10.0 Å². The topological polar surface area (TPSA) is 61.4 Å². The van der Waals surface area contributed by atoms with Crippen molar-refractivity contribution in [2.24, 2.45) is 0 Å². The zero-order chi connectivity index (χ0) is 13.0. The molecule has 5 nitrogen and oxygen atoms in total. The van der Waals surface area contributed by atoms with Gasteiger partial charge in [0.25, 0.3) is 0 Å². The predicted octanol–water partition coefficient (Wildman–Crippen LogP) is 0.142. The average Bonchev–Trinajstić information content (AvgIpc) is 2.89. The van der Waals surface area contributed by atoms with E-state index in [2.05, 4.69) is 14.9 Å². The molecular formula is C12H25N3O2S. The third-order valence-electron chi connectivity index (χ3n) is 4.03. The van der Waals surface area contributed by atoms with Crippen molar-refractivity contribution in [3.05, 3.63) is 0 Å². The molecule has 0 aromatic heterocycles. The molecule has 0 radical (unpaired) electrons. The van der Waals surface area contributed by atoms with Crippen molar-refractivity contribution in [2.45, 2.75) is 44.2 Å². The van der Waals surface area contributed by atoms with Gasteiger partial charge in [0.05, 0.1) is 5.75 Å². The second-order valence-electron chi connectivity index (χ2n) is 5.39. The van der Waals surface area contributed by atoms with Crippen LogP contribution in [-0.4, -0.2) is 57.8 Å². The molecule has 0 aliphatic carbocycles. The van der Waals surface area contributed by atoms with Gasteiger partial charge in [-0.3, -0.25) is 4.90 Å². The van der Waals surface area contributed by atoms with Crippen molar-refractivity contribution in [1.29, 1.82) is 0 Å². The van der Waals surface area contributed by atoms with E-state index in [1.807, 2.05) is 7.05 Å². The minimum atomic E-state index is -3.09. The van der Waals surface area contributed by atoms with Gasteiger partial charge in [0.15, 0.2) is 0 Å². The second kappa shape index (κ2) is 6.32. The molecule has 0 bridgehead atoms. The zero-order valence-electron chi connectivity index (χ0n) is 11.2. The lowest BCUT2D eigenvalue weighted by Gasteiger charge is -2.21. The predicted molar refractivity (Wildman–Crippen MR) is 73.1 cm³/mol. The minimum Gasteiger partial charge on any atom is -0.320 e. The minimum absolute atomic E-state index is 0.154. The summed E-state index contributed by atoms with van der Waals surface area (Å²) in [6.07, 6.45) is 4.98. The maximum Gasteiger partial charge on any atom is 0.211 e. The van der Waals surface area contributed by atoms with Crippen LogP contribution in [0.1, 0.15) is 32.1 Å². The van der Waals surface area contributed by atoms with Gasteiger partial charge in [-0.2, -0.15) is 0 Å². The molecule has 0 amide bonds. The summed E-state index contributed by atoms with van der Waals surface area (Å²) in [5.41, 5.74) is 0. The number of unbranched alkanes of at least 4 members (excludes halogenated alkanes) is 1. The molecule has 2 aliphatic rings. The van der Waals surface area contributed by atoms with E-state index in [-0.39, 0.29) is 11.8 Å². The molecule has 2 unspecified atom stereocenters. The summed E-state index contributed by atoms with van der Waals surface area (Å²) >= 11 is 0. The van der Waals surface area contributed by atoms with Crippen molar-refractivity contribution in [2.75, 3.05) is 32.4 Å². The van der Waals surface area contributed by atoms with Crippen molar-refractivity contribution in [3.8, 4) is 0 Å². The molecule has 2 N–H and O–H groups in total. The van der Waals surface area contributed by atoms with Gasteiger partial charge in [-0.15, -0.1) is 0 Å². The summed E-state index contributed by atoms with van der Waals surface area (Å²) in [5.74, 6) is 0.262. The fourth-order valence-corrected chi connectivity index (χ4v) is 4.54. The first-order chi connectivity index (χ1) is 8.62. The van der Waals surface area contributed by atoms with Gasteiger partial charge in [-0.25, -0.2) is 13.1 Å². The van der Waals surface area contributed by atoms with Crippen LogP contribution in [0.15, 0.2) is 0 Å². The number of nitrogens with one attached hydrogen (secondary N) is 2. The molecule has 2 saturated heterocycles. The first-order valence-corrected chi connectivity index (χ1v) is 8.66. The normalized spacial score (nSPS) is 28.7. The Morgan fingerprint density at radius 2 is 2.06 bits per heavy atom. The van der Waals surface area contributed by atoms with Gasteiger partial charge in [-0.1, -0.05) is 0 Å². The Balaban J connectivity index is 1.77. The molecule has 0 saturated carbocycles. The fraction of sp³-hybridized carbons (Fsp3) is 1.00. The van der Waals surface area contributed by atoms with Crippen molar-refractivity contribution in [1.82, 2.24) is 14.9 Å². The van der Waals surface area contributed by atoms with Gasteiger partial charge in [-0.05, 0) is 52.2 Å². The molecule has 6 heteroatoms. The number of fused-ring (bicyclic) bond motifs is 1. The molecule has 2 atom stereocenters. The summed E-state index contributed by atoms with van der Waals surface area (Å²) < 4.78 is 26.9. The van der Waals surface area contributed by atoms with Crippen LogP contribution in [0.25, 0.3) is 0 Å². The van der Waals surface area contributed by atoms with Crippen LogP contribution in [0.5, 0.6) is 0 Å². The van der Waals surface area contributed by atoms with E-state index in [1.54, 1.807) is 0 Å². The molecule has 2 fully saturated rings. The van der Waals surface area contributed by atoms with E-state index in [0.29, 0.717) is 6.04 Å². The summed E-state index contributed by atoms with van der Waals surface area (Å²) in [4.78, 5) is 2.42. The van der Waals surface area contributed by atoms with Crippen LogP contribution in [-0.2, 0) is 10.0 Å². The molecule has 18 heavy (non-hydrogen) atoms. The molecular weight excluding hydrogens is 250 g/mol. The maximum absolute atomic E-state index is 12.0. The number of rotatable bonds is 7. The molecule has 106 valence electrons. The smallest absolute Gasteiger partial charge is 0.211 e. The Hall–Kier alpha value is -0.170. The standard InChI is InChI=1S/C12H25N3O2S/c1-13-7-2-3-10-18(16,17)14-11-6-9-15-8-4-5-12(11)15/h11-14H,2-10H2,1H3. The quantitative estimate of drug-likeness (QED) is 0.649. The summed E-state index contributed by atoms with van der Waals surface area (Å²) in [7, 11) is -1.20. The second-order valence-corrected chi connectivity index (χ2v) is 7.26. The molecule has 2 aliphatic heterocycles. The molecule has 0 aromatic rings. The highest BCUT2D eigenvalue weighted by atomic mass is 32.2. The van der Waals surface area contributed by atoms with Gasteiger partial charge in [0.2, 0.25) is 10.0 Å². The van der Waals surface area contributed by atoms with Crippen molar-refractivity contribution < 1.29 is 8.42 Å². The molecule has 2 rings (SSSR count). The Morgan fingerprint density at radius 3 is 2.83 bits per heavy atom. The lowest BCUT2D eigenvalue weighted by Crippen LogP contribution is -2.43. The molecule has 0 aromatic carbocycles. The number of sulfonamides is 1. The van der Waals surface area contributed by atoms with Gasteiger partial charge in [0.1, 0.15) is 0 Å². The molecule has 0 spiro atoms. The van der Waals surface area contributed by atoms with Gasteiger partial charge in [0, 0.05) is 18.6 Å². The zero-order valence-corrected chi connectivity index (χ0v) is 12.0. The van der Waals surface area contributed by atoms with E-state index >= 15 is 0 Å². The Bertz CT molecular complexity index is 358. The Kier molecular flexibility index (Phi) is 5.00. The third-order valence-corrected chi connectivity index (χ3v) is 5.51. The first kappa shape index (κ1) is 14.2. The van der Waals surface area contributed by atoms with Crippen LogP contribution < -0.4 is 10.0 Å². The fourth-order valence-electron chi connectivity index (χ4n) is 3.10. The lowest BCUT2D eigenvalue weighted by atomic mass is 10.1. The van der Waals surface area contributed by atoms with E-state index in [0.717, 1.165) is 45.3 Å². The Labute approximate surface area is 110 Å². The summed E-state index contributed by atoms with van der Waals surface area (Å²) in [6, 6.07) is 0.610. The third kappa shape index (κ3) is 3.66. The monoisotopic (exact) mass is 275 g/mol. The van der Waals surface area contributed by atoms with Gasteiger partial charge >= 0.3 is 0 Å². The summed E-state index contributed by atoms with van der Waals surface area (Å²) in [5, 5.41) is 3.04. The van der Waals surface area contributed by atoms with Crippen LogP contribution in [0.4, 0.5) is 0 Å². The highest BCUT2D eigenvalue weighted by Gasteiger charge is 2.38. The number of hydrogen-bond donors (Lipinski definition) is 2. The highest BCUT2D eigenvalue weighted by molar-refractivity contribution is 7.89. The summed E-state index contributed by atoms with van der Waals surface area (Å²) in [6.45, 7) is 3.08. The van der Waals surface area contributed by atoms with Crippen LogP contribution in [0.3, 0.4) is 0 Å². The Morgan fingerprint density at radius 1 is 1.22 bits per heavy atom. The van der Waals surface area contributed by atoms with Gasteiger partial charge < -0.3 is 5.32 Å². The van der Waals surface area contributed by atoms with Crippen LogP contribution in [0.2, 0.25) is 0 Å². The number of nitrogens with zero attached hydrogens (tertiary/aromatic N) is 1. The highest BCUT2D eigenvalue weighted by Crippen LogP contribution is 2.28. The lowest BCUT2D eigenvalue weighted by molar-refractivity contribution is 0.309. The average molecular weight is 275 g/mol. The maximum atomic E-state index is 12.0. The van der Waals surface area contributed by atoms with Crippen LogP contribution in [0, 0.1) is 0 Å². The SMILES string of the molecule is CNCCCCS(=O)(=O)NC1CCN2CCCC12. The molecule has 2 heterocycles. The van der Waals surface area contributed by atoms with Crippen molar-refractivity contribution in [3.63, 3.8) is 0 Å². The number of hydrogen-bond acceptors (Lipinski definition) is 4. The van der Waals surface area contributed by atoms with E-state index in [9.17, 15) is 8.42 Å².